The molecule has 0 radical (unpaired) electrons. The van der Waals surface area contributed by atoms with Gasteiger partial charge in [-0.05, 0) is 70.2 Å². The second-order valence-corrected chi connectivity index (χ2v) is 9.10. The van der Waals surface area contributed by atoms with Crippen LogP contribution in [0.1, 0.15) is 44.9 Å². The van der Waals surface area contributed by atoms with E-state index in [1.807, 2.05) is 0 Å². The molecule has 0 aliphatic carbocycles. The van der Waals surface area contributed by atoms with Crippen LogP contribution in [0.25, 0.3) is 0 Å². The number of fused-ring (bicyclic) bond motifs is 3. The number of ether oxygens (including phenoxy) is 1. The zero-order valence-corrected chi connectivity index (χ0v) is 16.6. The number of nitrogens with one attached hydrogen (secondary N) is 2. The van der Waals surface area contributed by atoms with Crippen LogP contribution in [0.5, 0.6) is 0 Å². The smallest absolute Gasteiger partial charge is 0.139 e. The van der Waals surface area contributed by atoms with Gasteiger partial charge in [0.25, 0.3) is 0 Å². The number of aliphatic imine (C=N–C) groups is 1. The number of hydrogen-bond acceptors (Lipinski definition) is 5. The van der Waals surface area contributed by atoms with Crippen molar-refractivity contribution in [1.29, 1.82) is 0 Å². The third kappa shape index (κ3) is 3.69. The van der Waals surface area contributed by atoms with Gasteiger partial charge in [0.05, 0.1) is 6.61 Å². The number of piperazine rings is 1. The molecular formula is C21H35N5O. The van der Waals surface area contributed by atoms with E-state index in [0.717, 1.165) is 39.2 Å². The lowest BCUT2D eigenvalue weighted by molar-refractivity contribution is 0.0387. The minimum Gasteiger partial charge on any atom is -0.357 e. The molecular weight excluding hydrogens is 338 g/mol. The highest BCUT2D eigenvalue weighted by Crippen LogP contribution is 2.38. The summed E-state index contributed by atoms with van der Waals surface area (Å²) in [6.07, 6.45) is 11.3. The highest BCUT2D eigenvalue weighted by Gasteiger charge is 2.44. The van der Waals surface area contributed by atoms with Crippen LogP contribution in [0, 0.1) is 0 Å². The number of rotatable bonds is 5. The summed E-state index contributed by atoms with van der Waals surface area (Å²) < 4.78 is 6.19. The Morgan fingerprint density at radius 3 is 2.67 bits per heavy atom. The van der Waals surface area contributed by atoms with E-state index in [9.17, 15) is 0 Å². The first-order chi connectivity index (χ1) is 13.3. The molecule has 0 amide bonds. The summed E-state index contributed by atoms with van der Waals surface area (Å²) in [6.45, 7) is 8.11. The van der Waals surface area contributed by atoms with E-state index in [4.69, 9.17) is 9.73 Å². The molecule has 6 heteroatoms. The first kappa shape index (κ1) is 18.1. The quantitative estimate of drug-likeness (QED) is 0.433. The van der Waals surface area contributed by atoms with E-state index in [2.05, 4.69) is 26.5 Å². The molecule has 5 aliphatic heterocycles. The van der Waals surface area contributed by atoms with Crippen LogP contribution in [-0.4, -0.2) is 85.9 Å². The van der Waals surface area contributed by atoms with Crippen molar-refractivity contribution in [1.82, 2.24) is 20.4 Å². The van der Waals surface area contributed by atoms with Crippen molar-refractivity contribution in [2.45, 2.75) is 62.6 Å². The van der Waals surface area contributed by atoms with Gasteiger partial charge in [-0.3, -0.25) is 4.90 Å². The first-order valence-electron chi connectivity index (χ1n) is 11.1. The summed E-state index contributed by atoms with van der Waals surface area (Å²) in [7, 11) is 0. The molecule has 0 aromatic heterocycles. The van der Waals surface area contributed by atoms with Gasteiger partial charge in [0.15, 0.2) is 0 Å². The normalized spacial score (nSPS) is 33.4. The summed E-state index contributed by atoms with van der Waals surface area (Å²) in [6, 6.07) is 1.28. The minimum atomic E-state index is 0.331. The SMILES string of the molecule is C1=C(/C(=N\COCC23CCCN2CCC3)N2CC3CCC(C2)N3)CCNC1. The highest BCUT2D eigenvalue weighted by atomic mass is 16.5. The predicted octanol–water partition coefficient (Wildman–Crippen LogP) is 1.34. The Morgan fingerprint density at radius 2 is 1.96 bits per heavy atom. The summed E-state index contributed by atoms with van der Waals surface area (Å²) in [5.74, 6) is 1.21. The van der Waals surface area contributed by atoms with E-state index in [1.54, 1.807) is 0 Å². The highest BCUT2D eigenvalue weighted by molar-refractivity contribution is 5.98. The molecule has 0 spiro atoms. The maximum absolute atomic E-state index is 6.19. The van der Waals surface area contributed by atoms with Crippen LogP contribution in [0.3, 0.4) is 0 Å². The van der Waals surface area contributed by atoms with E-state index in [0.29, 0.717) is 24.4 Å². The van der Waals surface area contributed by atoms with Gasteiger partial charge in [0, 0.05) is 37.3 Å². The Kier molecular flexibility index (Phi) is 5.24. The van der Waals surface area contributed by atoms with Gasteiger partial charge in [-0.1, -0.05) is 6.08 Å². The lowest BCUT2D eigenvalue weighted by atomic mass is 9.95. The first-order valence-corrected chi connectivity index (χ1v) is 11.1. The lowest BCUT2D eigenvalue weighted by Crippen LogP contribution is -2.53. The molecule has 0 saturated carbocycles. The Labute approximate surface area is 163 Å². The maximum atomic E-state index is 6.19. The zero-order chi connectivity index (χ0) is 18.1. The number of nitrogens with zero attached hydrogens (tertiary/aromatic N) is 3. The van der Waals surface area contributed by atoms with Crippen molar-refractivity contribution in [3.63, 3.8) is 0 Å². The van der Waals surface area contributed by atoms with E-state index >= 15 is 0 Å². The van der Waals surface area contributed by atoms with Crippen molar-refractivity contribution >= 4 is 5.84 Å². The maximum Gasteiger partial charge on any atom is 0.139 e. The van der Waals surface area contributed by atoms with E-state index in [1.165, 1.54) is 63.0 Å². The molecule has 0 aromatic rings. The monoisotopic (exact) mass is 373 g/mol. The Balaban J connectivity index is 1.25. The molecule has 4 saturated heterocycles. The summed E-state index contributed by atoms with van der Waals surface area (Å²) >= 11 is 0. The van der Waals surface area contributed by atoms with Gasteiger partial charge in [0.1, 0.15) is 12.6 Å². The second kappa shape index (κ2) is 7.82. The third-order valence-electron chi connectivity index (χ3n) is 7.35. The van der Waals surface area contributed by atoms with Crippen molar-refractivity contribution in [2.75, 3.05) is 52.6 Å². The largest absolute Gasteiger partial charge is 0.357 e. The van der Waals surface area contributed by atoms with Gasteiger partial charge >= 0.3 is 0 Å². The van der Waals surface area contributed by atoms with Crippen molar-refractivity contribution in [3.05, 3.63) is 11.6 Å². The molecule has 6 nitrogen and oxygen atoms in total. The molecule has 0 aromatic carbocycles. The van der Waals surface area contributed by atoms with Gasteiger partial charge in [-0.2, -0.15) is 0 Å². The number of likely N-dealkylation sites (tertiary alicyclic amines) is 1. The molecule has 2 unspecified atom stereocenters. The Morgan fingerprint density at radius 1 is 1.19 bits per heavy atom. The molecule has 150 valence electrons. The van der Waals surface area contributed by atoms with Gasteiger partial charge in [-0.15, -0.1) is 0 Å². The van der Waals surface area contributed by atoms with E-state index in [-0.39, 0.29) is 0 Å². The molecule has 5 rings (SSSR count). The molecule has 5 heterocycles. The number of hydrogen-bond donors (Lipinski definition) is 2. The topological polar surface area (TPSA) is 52.1 Å². The molecule has 2 N–H and O–H groups in total. The Bertz CT molecular complexity index is 581. The molecule has 27 heavy (non-hydrogen) atoms. The van der Waals surface area contributed by atoms with Crippen LogP contribution in [0.2, 0.25) is 0 Å². The number of amidine groups is 1. The fourth-order valence-electron chi connectivity index (χ4n) is 6.00. The van der Waals surface area contributed by atoms with Crippen LogP contribution < -0.4 is 10.6 Å². The Hall–Kier alpha value is -0.950. The zero-order valence-electron chi connectivity index (χ0n) is 16.6. The standard InChI is InChI=1S/C21H35N5O/c1-7-21(8-2-12-26(21)11-1)15-27-16-23-20(17-5-9-22-10-6-17)25-13-18-3-4-19(14-25)24-18/h5,18-19,22,24H,1-4,6-16H2/b23-20+. The molecule has 4 fully saturated rings. The van der Waals surface area contributed by atoms with Crippen LogP contribution in [-0.2, 0) is 4.74 Å². The fourth-order valence-corrected chi connectivity index (χ4v) is 6.00. The fraction of sp³-hybridized carbons (Fsp3) is 0.857. The van der Waals surface area contributed by atoms with E-state index < -0.39 is 0 Å². The summed E-state index contributed by atoms with van der Waals surface area (Å²) in [4.78, 5) is 10.2. The van der Waals surface area contributed by atoms with Gasteiger partial charge < -0.3 is 20.3 Å². The molecule has 2 atom stereocenters. The minimum absolute atomic E-state index is 0.331. The molecule has 2 bridgehead atoms. The van der Waals surface area contributed by atoms with Crippen molar-refractivity contribution in [3.8, 4) is 0 Å². The molecule has 5 aliphatic rings. The lowest BCUT2D eigenvalue weighted by Gasteiger charge is -2.36. The van der Waals surface area contributed by atoms with Crippen LogP contribution in [0.15, 0.2) is 16.6 Å². The van der Waals surface area contributed by atoms with Gasteiger partial charge in [-0.25, -0.2) is 4.99 Å². The van der Waals surface area contributed by atoms with Crippen molar-refractivity contribution in [2.24, 2.45) is 4.99 Å². The van der Waals surface area contributed by atoms with Crippen LogP contribution in [0.4, 0.5) is 0 Å². The second-order valence-electron chi connectivity index (χ2n) is 9.10. The predicted molar refractivity (Wildman–Crippen MR) is 108 cm³/mol. The summed E-state index contributed by atoms with van der Waals surface area (Å²) in [5, 5.41) is 7.17. The van der Waals surface area contributed by atoms with Gasteiger partial charge in [0.2, 0.25) is 0 Å². The third-order valence-corrected chi connectivity index (χ3v) is 7.35. The van der Waals surface area contributed by atoms with Crippen LogP contribution >= 0.6 is 0 Å². The summed E-state index contributed by atoms with van der Waals surface area (Å²) in [5.41, 5.74) is 1.75. The van der Waals surface area contributed by atoms with Crippen molar-refractivity contribution < 1.29 is 4.74 Å². The average Bonchev–Trinajstić information content (AvgIpc) is 3.36. The average molecular weight is 374 g/mol.